The van der Waals surface area contributed by atoms with E-state index in [4.69, 9.17) is 14.2 Å². The molecule has 120 valence electrons. The first-order valence-electron chi connectivity index (χ1n) is 6.74. The summed E-state index contributed by atoms with van der Waals surface area (Å²) in [7, 11) is 0. The normalized spacial score (nSPS) is 10.8. The highest BCUT2D eigenvalue weighted by molar-refractivity contribution is 5.75. The predicted octanol–water partition coefficient (Wildman–Crippen LogP) is 2.76. The van der Waals surface area contributed by atoms with Crippen molar-refractivity contribution in [1.29, 1.82) is 0 Å². The van der Waals surface area contributed by atoms with Crippen LogP contribution in [0.3, 0.4) is 0 Å². The van der Waals surface area contributed by atoms with Crippen molar-refractivity contribution >= 4 is 17.9 Å². The van der Waals surface area contributed by atoms with E-state index >= 15 is 0 Å². The number of benzene rings is 1. The average molecular weight is 308 g/mol. The lowest BCUT2D eigenvalue weighted by Gasteiger charge is -2.25. The topological polar surface area (TPSA) is 78.9 Å². The molecule has 22 heavy (non-hydrogen) atoms. The van der Waals surface area contributed by atoms with Crippen molar-refractivity contribution in [3.63, 3.8) is 0 Å². The van der Waals surface area contributed by atoms with Crippen molar-refractivity contribution in [1.82, 2.24) is 0 Å². The van der Waals surface area contributed by atoms with Gasteiger partial charge in [0.1, 0.15) is 17.2 Å². The molecule has 0 heterocycles. The minimum Gasteiger partial charge on any atom is -0.426 e. The Morgan fingerprint density at radius 2 is 1.14 bits per heavy atom. The maximum absolute atomic E-state index is 11.3. The first-order chi connectivity index (χ1) is 10.0. The van der Waals surface area contributed by atoms with Crippen molar-refractivity contribution in [3.05, 3.63) is 17.7 Å². The molecule has 0 aliphatic carbocycles. The van der Waals surface area contributed by atoms with Crippen LogP contribution < -0.4 is 14.2 Å². The second kappa shape index (κ2) is 6.60. The number of carbonyl (C=O) groups excluding carboxylic acids is 3. The van der Waals surface area contributed by atoms with Crippen LogP contribution in [0.15, 0.2) is 12.1 Å². The highest BCUT2D eigenvalue weighted by atomic mass is 16.6. The minimum atomic E-state index is -0.536. The molecule has 0 aliphatic heterocycles. The fraction of sp³-hybridized carbons (Fsp3) is 0.438. The van der Waals surface area contributed by atoms with Gasteiger partial charge in [-0.2, -0.15) is 0 Å². The first-order valence-corrected chi connectivity index (χ1v) is 6.74. The number of ether oxygens (including phenoxy) is 3. The third-order valence-electron chi connectivity index (χ3n) is 2.56. The monoisotopic (exact) mass is 308 g/mol. The van der Waals surface area contributed by atoms with Gasteiger partial charge in [-0.25, -0.2) is 0 Å². The lowest BCUT2D eigenvalue weighted by molar-refractivity contribution is -0.132. The number of hydrogen-bond donors (Lipinski definition) is 0. The Labute approximate surface area is 129 Å². The summed E-state index contributed by atoms with van der Waals surface area (Å²) in [6.07, 6.45) is 0. The predicted molar refractivity (Wildman–Crippen MR) is 79.1 cm³/mol. The zero-order chi connectivity index (χ0) is 17.1. The summed E-state index contributed by atoms with van der Waals surface area (Å²) in [4.78, 5) is 33.8. The molecule has 0 spiro atoms. The van der Waals surface area contributed by atoms with Gasteiger partial charge in [-0.15, -0.1) is 0 Å². The minimum absolute atomic E-state index is 0.132. The van der Waals surface area contributed by atoms with Crippen molar-refractivity contribution in [2.45, 2.75) is 47.0 Å². The molecular formula is C16H20O6. The van der Waals surface area contributed by atoms with E-state index in [0.717, 1.165) is 0 Å². The molecule has 0 fully saturated rings. The summed E-state index contributed by atoms with van der Waals surface area (Å²) in [5, 5.41) is 0. The molecule has 0 N–H and O–H groups in total. The molecule has 0 saturated carbocycles. The van der Waals surface area contributed by atoms with E-state index in [1.165, 1.54) is 32.9 Å². The molecule has 1 aromatic rings. The Hall–Kier alpha value is -2.37. The van der Waals surface area contributed by atoms with Gasteiger partial charge in [0.05, 0.1) is 0 Å². The van der Waals surface area contributed by atoms with Crippen LogP contribution in [0.2, 0.25) is 0 Å². The number of hydrogen-bond acceptors (Lipinski definition) is 6. The Morgan fingerprint density at radius 1 is 0.773 bits per heavy atom. The van der Waals surface area contributed by atoms with Crippen LogP contribution in [0.5, 0.6) is 17.2 Å². The highest BCUT2D eigenvalue weighted by Gasteiger charge is 2.27. The summed E-state index contributed by atoms with van der Waals surface area (Å²) in [6.45, 7) is 9.41. The Bertz CT molecular complexity index is 573. The second-order valence-electron chi connectivity index (χ2n) is 5.83. The third-order valence-corrected chi connectivity index (χ3v) is 2.56. The van der Waals surface area contributed by atoms with Gasteiger partial charge in [-0.3, -0.25) is 14.4 Å². The molecule has 0 aromatic heterocycles. The fourth-order valence-electron chi connectivity index (χ4n) is 2.00. The van der Waals surface area contributed by atoms with Crippen LogP contribution in [0.1, 0.15) is 47.1 Å². The van der Waals surface area contributed by atoms with E-state index in [9.17, 15) is 14.4 Å². The molecule has 1 aromatic carbocycles. The smallest absolute Gasteiger partial charge is 0.308 e. The van der Waals surface area contributed by atoms with Crippen LogP contribution in [0.25, 0.3) is 0 Å². The number of rotatable bonds is 3. The maximum atomic E-state index is 11.3. The van der Waals surface area contributed by atoms with E-state index in [0.29, 0.717) is 5.56 Å². The van der Waals surface area contributed by atoms with Gasteiger partial charge < -0.3 is 14.2 Å². The highest BCUT2D eigenvalue weighted by Crippen LogP contribution is 2.42. The van der Waals surface area contributed by atoms with Crippen molar-refractivity contribution in [2.75, 3.05) is 0 Å². The molecule has 1 rings (SSSR count). The quantitative estimate of drug-likeness (QED) is 0.631. The molecule has 0 radical (unpaired) electrons. The molecule has 0 saturated heterocycles. The lowest BCUT2D eigenvalue weighted by atomic mass is 9.85. The van der Waals surface area contributed by atoms with E-state index in [1.54, 1.807) is 0 Å². The molecule has 6 heteroatoms. The summed E-state index contributed by atoms with van der Waals surface area (Å²) < 4.78 is 15.4. The molecule has 0 aliphatic rings. The standard InChI is InChI=1S/C16H20O6/c1-9(17)20-12-7-13(21-10(2)18)15(16(4,5)6)14(8-12)22-11(3)19/h7-8H,1-6H3. The van der Waals surface area contributed by atoms with Gasteiger partial charge in [0.2, 0.25) is 0 Å². The van der Waals surface area contributed by atoms with Gasteiger partial charge in [0, 0.05) is 38.5 Å². The summed E-state index contributed by atoms with van der Waals surface area (Å²) in [5.74, 6) is -1.08. The number of esters is 3. The van der Waals surface area contributed by atoms with Gasteiger partial charge >= 0.3 is 17.9 Å². The zero-order valence-electron chi connectivity index (χ0n) is 13.6. The fourth-order valence-corrected chi connectivity index (χ4v) is 2.00. The molecule has 0 bridgehead atoms. The molecule has 0 amide bonds. The zero-order valence-corrected chi connectivity index (χ0v) is 13.6. The van der Waals surface area contributed by atoms with Crippen LogP contribution in [0.4, 0.5) is 0 Å². The summed E-state index contributed by atoms with van der Waals surface area (Å²) >= 11 is 0. The SMILES string of the molecule is CC(=O)Oc1cc(OC(C)=O)c(C(C)(C)C)c(OC(C)=O)c1. The summed E-state index contributed by atoms with van der Waals surface area (Å²) in [6, 6.07) is 2.85. The van der Waals surface area contributed by atoms with Gasteiger partial charge in [-0.05, 0) is 5.41 Å². The van der Waals surface area contributed by atoms with Crippen LogP contribution in [0, 0.1) is 0 Å². The Balaban J connectivity index is 3.56. The van der Waals surface area contributed by atoms with E-state index < -0.39 is 23.3 Å². The lowest BCUT2D eigenvalue weighted by Crippen LogP contribution is -2.18. The largest absolute Gasteiger partial charge is 0.426 e. The molecule has 0 unspecified atom stereocenters. The van der Waals surface area contributed by atoms with Gasteiger partial charge in [0.25, 0.3) is 0 Å². The molecular weight excluding hydrogens is 288 g/mol. The third kappa shape index (κ3) is 4.87. The van der Waals surface area contributed by atoms with Crippen LogP contribution in [-0.4, -0.2) is 17.9 Å². The van der Waals surface area contributed by atoms with Crippen LogP contribution in [-0.2, 0) is 19.8 Å². The first kappa shape index (κ1) is 17.7. The molecule has 6 nitrogen and oxygen atoms in total. The number of carbonyl (C=O) groups is 3. The van der Waals surface area contributed by atoms with Gasteiger partial charge in [-0.1, -0.05) is 20.8 Å². The summed E-state index contributed by atoms with van der Waals surface area (Å²) in [5.41, 5.74) is 0.0680. The van der Waals surface area contributed by atoms with E-state index in [2.05, 4.69) is 0 Å². The second-order valence-corrected chi connectivity index (χ2v) is 5.83. The Morgan fingerprint density at radius 3 is 1.41 bits per heavy atom. The van der Waals surface area contributed by atoms with Crippen molar-refractivity contribution in [3.8, 4) is 17.2 Å². The van der Waals surface area contributed by atoms with Crippen LogP contribution >= 0.6 is 0 Å². The van der Waals surface area contributed by atoms with Crippen molar-refractivity contribution in [2.24, 2.45) is 0 Å². The molecule has 0 atom stereocenters. The van der Waals surface area contributed by atoms with E-state index in [-0.39, 0.29) is 17.2 Å². The Kier molecular flexibility index (Phi) is 5.30. The van der Waals surface area contributed by atoms with Gasteiger partial charge in [0.15, 0.2) is 0 Å². The average Bonchev–Trinajstić information content (AvgIpc) is 2.22. The van der Waals surface area contributed by atoms with Crippen molar-refractivity contribution < 1.29 is 28.6 Å². The van der Waals surface area contributed by atoms with E-state index in [1.807, 2.05) is 20.8 Å². The maximum Gasteiger partial charge on any atom is 0.308 e.